The van der Waals surface area contributed by atoms with Crippen LogP contribution in [0, 0.1) is 6.92 Å². The summed E-state index contributed by atoms with van der Waals surface area (Å²) >= 11 is 0. The van der Waals surface area contributed by atoms with Gasteiger partial charge in [-0.15, -0.1) is 0 Å². The van der Waals surface area contributed by atoms with Gasteiger partial charge in [-0.2, -0.15) is 0 Å². The van der Waals surface area contributed by atoms with E-state index in [0.717, 1.165) is 17.1 Å². The molecule has 13 heavy (non-hydrogen) atoms. The minimum absolute atomic E-state index is 0.0150. The Morgan fingerprint density at radius 2 is 1.92 bits per heavy atom. The highest BCUT2D eigenvalue weighted by Crippen LogP contribution is 2.15. The number of aryl methyl sites for hydroxylation is 1. The standard InChI is InChI=1S/C10H17N3/c1-6(2)10-12-5-9(7(3)11)8(4)13-10/h5-7H,11H2,1-4H3/t7-/m0/s1. The normalized spacial score (nSPS) is 13.4. The predicted octanol–water partition coefficient (Wildman–Crippen LogP) is 1.93. The van der Waals surface area contributed by atoms with E-state index < -0.39 is 0 Å². The van der Waals surface area contributed by atoms with Crippen molar-refractivity contribution in [2.45, 2.75) is 39.7 Å². The molecule has 1 atom stereocenters. The van der Waals surface area contributed by atoms with Gasteiger partial charge in [0.2, 0.25) is 0 Å². The van der Waals surface area contributed by atoms with E-state index in [1.54, 1.807) is 0 Å². The van der Waals surface area contributed by atoms with Crippen molar-refractivity contribution in [3.63, 3.8) is 0 Å². The summed E-state index contributed by atoms with van der Waals surface area (Å²) in [6, 6.07) is 0.0150. The van der Waals surface area contributed by atoms with Crippen molar-refractivity contribution in [1.82, 2.24) is 9.97 Å². The third-order valence-corrected chi connectivity index (χ3v) is 2.04. The molecular formula is C10H17N3. The Bertz CT molecular complexity index is 292. The molecule has 0 saturated carbocycles. The van der Waals surface area contributed by atoms with Gasteiger partial charge in [0.15, 0.2) is 0 Å². The molecule has 0 radical (unpaired) electrons. The van der Waals surface area contributed by atoms with Crippen LogP contribution in [0.15, 0.2) is 6.20 Å². The maximum absolute atomic E-state index is 5.76. The molecule has 0 aliphatic carbocycles. The fourth-order valence-corrected chi connectivity index (χ4v) is 1.22. The van der Waals surface area contributed by atoms with Gasteiger partial charge < -0.3 is 5.73 Å². The molecule has 1 heterocycles. The molecule has 72 valence electrons. The highest BCUT2D eigenvalue weighted by Gasteiger charge is 2.08. The second kappa shape index (κ2) is 3.83. The van der Waals surface area contributed by atoms with Crippen LogP contribution in [0.4, 0.5) is 0 Å². The zero-order valence-corrected chi connectivity index (χ0v) is 8.70. The van der Waals surface area contributed by atoms with Crippen LogP contribution in [0.5, 0.6) is 0 Å². The van der Waals surface area contributed by atoms with E-state index in [1.807, 2.05) is 20.0 Å². The fraction of sp³-hybridized carbons (Fsp3) is 0.600. The van der Waals surface area contributed by atoms with E-state index in [0.29, 0.717) is 5.92 Å². The number of nitrogens with two attached hydrogens (primary N) is 1. The highest BCUT2D eigenvalue weighted by molar-refractivity contribution is 5.19. The smallest absolute Gasteiger partial charge is 0.131 e. The first-order chi connectivity index (χ1) is 6.02. The molecule has 0 unspecified atom stereocenters. The van der Waals surface area contributed by atoms with Crippen LogP contribution < -0.4 is 5.73 Å². The minimum Gasteiger partial charge on any atom is -0.324 e. The second-order valence-electron chi connectivity index (χ2n) is 3.71. The minimum atomic E-state index is 0.0150. The summed E-state index contributed by atoms with van der Waals surface area (Å²) in [7, 11) is 0. The Hall–Kier alpha value is -0.960. The van der Waals surface area contributed by atoms with Gasteiger partial charge in [0.05, 0.1) is 0 Å². The van der Waals surface area contributed by atoms with Gasteiger partial charge in [-0.3, -0.25) is 0 Å². The third-order valence-electron chi connectivity index (χ3n) is 2.04. The monoisotopic (exact) mass is 179 g/mol. The molecule has 1 rings (SSSR count). The molecule has 0 fully saturated rings. The summed E-state index contributed by atoms with van der Waals surface area (Å²) < 4.78 is 0. The number of aromatic nitrogens is 2. The molecule has 0 bridgehead atoms. The summed E-state index contributed by atoms with van der Waals surface area (Å²) in [5.74, 6) is 1.27. The van der Waals surface area contributed by atoms with Gasteiger partial charge in [0, 0.05) is 29.4 Å². The molecule has 0 spiro atoms. The zero-order valence-electron chi connectivity index (χ0n) is 8.70. The van der Waals surface area contributed by atoms with Gasteiger partial charge in [-0.25, -0.2) is 9.97 Å². The molecule has 3 heteroatoms. The Morgan fingerprint density at radius 1 is 1.31 bits per heavy atom. The maximum atomic E-state index is 5.76. The zero-order chi connectivity index (χ0) is 10.0. The Kier molecular flexibility index (Phi) is 2.98. The molecule has 0 aromatic carbocycles. The Morgan fingerprint density at radius 3 is 2.31 bits per heavy atom. The summed E-state index contributed by atoms with van der Waals surface area (Å²) in [5, 5.41) is 0. The highest BCUT2D eigenvalue weighted by atomic mass is 14.9. The third kappa shape index (κ3) is 2.25. The molecule has 1 aromatic rings. The number of hydrogen-bond donors (Lipinski definition) is 1. The van der Waals surface area contributed by atoms with E-state index >= 15 is 0 Å². The number of rotatable bonds is 2. The molecular weight excluding hydrogens is 162 g/mol. The molecule has 0 amide bonds. The summed E-state index contributed by atoms with van der Waals surface area (Å²) in [5.41, 5.74) is 7.79. The first-order valence-corrected chi connectivity index (χ1v) is 4.61. The van der Waals surface area contributed by atoms with E-state index in [-0.39, 0.29) is 6.04 Å². The van der Waals surface area contributed by atoms with Crippen LogP contribution in [0.25, 0.3) is 0 Å². The Labute approximate surface area is 79.4 Å². The topological polar surface area (TPSA) is 51.8 Å². The van der Waals surface area contributed by atoms with Crippen LogP contribution in [-0.4, -0.2) is 9.97 Å². The van der Waals surface area contributed by atoms with Gasteiger partial charge in [-0.1, -0.05) is 13.8 Å². The van der Waals surface area contributed by atoms with Crippen molar-refractivity contribution >= 4 is 0 Å². The van der Waals surface area contributed by atoms with E-state index in [1.165, 1.54) is 0 Å². The predicted molar refractivity (Wildman–Crippen MR) is 53.5 cm³/mol. The van der Waals surface area contributed by atoms with Crippen LogP contribution in [0.1, 0.15) is 49.8 Å². The molecule has 0 saturated heterocycles. The molecule has 0 aliphatic rings. The summed E-state index contributed by atoms with van der Waals surface area (Å²) in [4.78, 5) is 8.67. The van der Waals surface area contributed by atoms with Crippen molar-refractivity contribution in [2.75, 3.05) is 0 Å². The fourth-order valence-electron chi connectivity index (χ4n) is 1.22. The van der Waals surface area contributed by atoms with E-state index in [9.17, 15) is 0 Å². The SMILES string of the molecule is Cc1nc(C(C)C)ncc1[C@H](C)N. The molecule has 1 aromatic heterocycles. The van der Waals surface area contributed by atoms with Gasteiger partial charge >= 0.3 is 0 Å². The summed E-state index contributed by atoms with van der Waals surface area (Å²) in [6.45, 7) is 8.09. The first kappa shape index (κ1) is 10.1. The van der Waals surface area contributed by atoms with Crippen LogP contribution in [0.3, 0.4) is 0 Å². The van der Waals surface area contributed by atoms with E-state index in [2.05, 4.69) is 23.8 Å². The second-order valence-corrected chi connectivity index (χ2v) is 3.71. The van der Waals surface area contributed by atoms with Gasteiger partial charge in [-0.05, 0) is 13.8 Å². The molecule has 0 aliphatic heterocycles. The van der Waals surface area contributed by atoms with Gasteiger partial charge in [0.25, 0.3) is 0 Å². The quantitative estimate of drug-likeness (QED) is 0.754. The lowest BCUT2D eigenvalue weighted by molar-refractivity contribution is 0.731. The van der Waals surface area contributed by atoms with Crippen molar-refractivity contribution in [3.8, 4) is 0 Å². The number of nitrogens with zero attached hydrogens (tertiary/aromatic N) is 2. The van der Waals surface area contributed by atoms with Crippen molar-refractivity contribution in [3.05, 3.63) is 23.3 Å². The largest absolute Gasteiger partial charge is 0.324 e. The molecule has 2 N–H and O–H groups in total. The molecule has 3 nitrogen and oxygen atoms in total. The van der Waals surface area contributed by atoms with E-state index in [4.69, 9.17) is 5.73 Å². The van der Waals surface area contributed by atoms with Crippen LogP contribution >= 0.6 is 0 Å². The summed E-state index contributed by atoms with van der Waals surface area (Å²) in [6.07, 6.45) is 1.84. The average molecular weight is 179 g/mol. The van der Waals surface area contributed by atoms with Crippen LogP contribution in [-0.2, 0) is 0 Å². The lowest BCUT2D eigenvalue weighted by Gasteiger charge is -2.10. The van der Waals surface area contributed by atoms with Crippen molar-refractivity contribution in [1.29, 1.82) is 0 Å². The lowest BCUT2D eigenvalue weighted by Crippen LogP contribution is -2.10. The first-order valence-electron chi connectivity index (χ1n) is 4.61. The van der Waals surface area contributed by atoms with Crippen molar-refractivity contribution in [2.24, 2.45) is 5.73 Å². The number of hydrogen-bond acceptors (Lipinski definition) is 3. The Balaban J connectivity index is 3.06. The average Bonchev–Trinajstić information content (AvgIpc) is 2.03. The van der Waals surface area contributed by atoms with Gasteiger partial charge in [0.1, 0.15) is 5.82 Å². The van der Waals surface area contributed by atoms with Crippen molar-refractivity contribution < 1.29 is 0 Å². The lowest BCUT2D eigenvalue weighted by atomic mass is 10.1. The maximum Gasteiger partial charge on any atom is 0.131 e. The van der Waals surface area contributed by atoms with Crippen LogP contribution in [0.2, 0.25) is 0 Å².